The first-order chi connectivity index (χ1) is 1.91. The SMILES string of the molecule is BPOC. The molecule has 0 amide bonds. The molecule has 0 bridgehead atoms. The molecule has 1 unspecified atom stereocenters. The molecule has 0 N–H and O–H groups in total. The Morgan fingerprint density at radius 2 is 2.25 bits per heavy atom. The van der Waals surface area contributed by atoms with Gasteiger partial charge >= 0.3 is 0 Å². The van der Waals surface area contributed by atoms with Gasteiger partial charge in [-0.25, -0.2) is 0 Å². The molecule has 0 heterocycles. The van der Waals surface area contributed by atoms with Crippen molar-refractivity contribution in [1.29, 1.82) is 0 Å². The van der Waals surface area contributed by atoms with Crippen LogP contribution in [-0.4, -0.2) is 14.7 Å². The molecule has 1 nitrogen and oxygen atoms in total. The van der Waals surface area contributed by atoms with Gasteiger partial charge in [0.15, 0.2) is 7.57 Å². The summed E-state index contributed by atoms with van der Waals surface area (Å²) in [6.07, 6.45) is 0. The van der Waals surface area contributed by atoms with Crippen LogP contribution in [0.25, 0.3) is 0 Å². The molecule has 0 rings (SSSR count). The Hall–Kier alpha value is 0.455. The summed E-state index contributed by atoms with van der Waals surface area (Å²) in [6.45, 7) is 0. The molecular weight excluding hydrogens is 69.8 g/mol. The van der Waals surface area contributed by atoms with E-state index < -0.39 is 0 Å². The second kappa shape index (κ2) is 3.45. The molecule has 0 saturated heterocycles. The van der Waals surface area contributed by atoms with E-state index in [1.165, 1.54) is 0 Å². The Labute approximate surface area is 29.0 Å². The van der Waals surface area contributed by atoms with Gasteiger partial charge in [0.2, 0.25) is 0 Å². The van der Waals surface area contributed by atoms with E-state index >= 15 is 0 Å². The maximum absolute atomic E-state index is 4.57. The summed E-state index contributed by atoms with van der Waals surface area (Å²) >= 11 is 0. The van der Waals surface area contributed by atoms with E-state index in [2.05, 4.69) is 4.52 Å². The van der Waals surface area contributed by atoms with Gasteiger partial charge in [0.1, 0.15) is 0 Å². The molecule has 0 aromatic carbocycles. The first kappa shape index (κ1) is 4.45. The second-order valence-electron chi connectivity index (χ2n) is 0.408. The fraction of sp³-hybridized carbons (Fsp3) is 1.00. The summed E-state index contributed by atoms with van der Waals surface area (Å²) in [4.78, 5) is 0. The van der Waals surface area contributed by atoms with E-state index in [0.717, 1.165) is 0 Å². The molecule has 0 aliphatic rings. The van der Waals surface area contributed by atoms with E-state index in [1.54, 1.807) is 7.11 Å². The maximum atomic E-state index is 4.57. The van der Waals surface area contributed by atoms with Gasteiger partial charge in [-0.1, -0.05) is 0 Å². The van der Waals surface area contributed by atoms with Gasteiger partial charge in [0.05, 0.1) is 0 Å². The van der Waals surface area contributed by atoms with Gasteiger partial charge in [0, 0.05) is 7.11 Å². The summed E-state index contributed by atoms with van der Waals surface area (Å²) in [6, 6.07) is 0. The van der Waals surface area contributed by atoms with Crippen LogP contribution in [0.2, 0.25) is 0 Å². The fourth-order valence-electron chi connectivity index (χ4n) is 0. The number of hydrogen-bond acceptors (Lipinski definition) is 1. The first-order valence-electron chi connectivity index (χ1n) is 1.11. The van der Waals surface area contributed by atoms with Crippen molar-refractivity contribution in [3.63, 3.8) is 0 Å². The normalized spacial score (nSPS) is 10.2. The Balaban J connectivity index is 1.97. The average Bonchev–Trinajstić information content (AvgIpc) is 1.37. The van der Waals surface area contributed by atoms with Crippen molar-refractivity contribution in [2.45, 2.75) is 0 Å². The van der Waals surface area contributed by atoms with Gasteiger partial charge in [0.25, 0.3) is 0 Å². The lowest BCUT2D eigenvalue weighted by Crippen LogP contribution is -1.51. The van der Waals surface area contributed by atoms with E-state index in [0.29, 0.717) is 8.69 Å². The lowest BCUT2D eigenvalue weighted by molar-refractivity contribution is 0.484. The summed E-state index contributed by atoms with van der Waals surface area (Å²) in [5.41, 5.74) is 0. The summed E-state index contributed by atoms with van der Waals surface area (Å²) < 4.78 is 4.57. The van der Waals surface area contributed by atoms with Crippen molar-refractivity contribution in [1.82, 2.24) is 0 Å². The topological polar surface area (TPSA) is 9.23 Å². The smallest absolute Gasteiger partial charge is 0.165 e. The van der Waals surface area contributed by atoms with Crippen molar-refractivity contribution in [2.75, 3.05) is 7.11 Å². The molecule has 0 aliphatic heterocycles. The van der Waals surface area contributed by atoms with Crippen LogP contribution in [0.3, 0.4) is 0 Å². The number of hydrogen-bond donors (Lipinski definition) is 0. The van der Waals surface area contributed by atoms with Crippen LogP contribution >= 0.6 is 8.69 Å². The fourth-order valence-corrected chi connectivity index (χ4v) is 0. The average molecular weight is 75.8 g/mol. The zero-order valence-electron chi connectivity index (χ0n) is 2.91. The minimum absolute atomic E-state index is 0.640. The third-order valence-electron chi connectivity index (χ3n) is 0.204. The van der Waals surface area contributed by atoms with Crippen LogP contribution in [0.4, 0.5) is 0 Å². The van der Waals surface area contributed by atoms with Crippen LogP contribution in [0.1, 0.15) is 0 Å². The van der Waals surface area contributed by atoms with E-state index in [1.807, 2.05) is 7.57 Å². The van der Waals surface area contributed by atoms with Crippen LogP contribution < -0.4 is 0 Å². The Morgan fingerprint density at radius 1 is 2.00 bits per heavy atom. The molecule has 0 radical (unpaired) electrons. The molecule has 24 valence electrons. The zero-order chi connectivity index (χ0) is 3.41. The Kier molecular flexibility index (Phi) is 3.85. The van der Waals surface area contributed by atoms with Crippen LogP contribution in [-0.2, 0) is 4.52 Å². The quantitative estimate of drug-likeness (QED) is 0.309. The minimum atomic E-state index is 0.640. The lowest BCUT2D eigenvalue weighted by atomic mass is 10.8. The van der Waals surface area contributed by atoms with Crippen molar-refractivity contribution in [3.8, 4) is 0 Å². The number of rotatable bonds is 1. The highest BCUT2D eigenvalue weighted by Gasteiger charge is 1.52. The lowest BCUT2D eigenvalue weighted by Gasteiger charge is -1.76. The van der Waals surface area contributed by atoms with Crippen LogP contribution in [0.15, 0.2) is 0 Å². The molecule has 0 saturated carbocycles. The molecule has 0 aromatic rings. The van der Waals surface area contributed by atoms with Crippen molar-refractivity contribution >= 4 is 16.3 Å². The van der Waals surface area contributed by atoms with Gasteiger partial charge in [-0.3, -0.25) is 0 Å². The third kappa shape index (κ3) is 2.45. The van der Waals surface area contributed by atoms with Gasteiger partial charge < -0.3 is 4.52 Å². The van der Waals surface area contributed by atoms with Crippen molar-refractivity contribution in [3.05, 3.63) is 0 Å². The molecule has 3 heteroatoms. The molecule has 4 heavy (non-hydrogen) atoms. The molecule has 0 spiro atoms. The second-order valence-corrected chi connectivity index (χ2v) is 1.22. The molecular formula is CH6BOP. The predicted octanol–water partition coefficient (Wildman–Crippen LogP) is -0.226. The first-order valence-corrected chi connectivity index (χ1v) is 2.52. The summed E-state index contributed by atoms with van der Waals surface area (Å²) in [5.74, 6) is 0. The van der Waals surface area contributed by atoms with E-state index in [4.69, 9.17) is 0 Å². The predicted molar refractivity (Wildman–Crippen MR) is 23.9 cm³/mol. The largest absolute Gasteiger partial charge is 0.376 e. The maximum Gasteiger partial charge on any atom is 0.165 e. The molecule has 0 aromatic heterocycles. The molecule has 1 atom stereocenters. The van der Waals surface area contributed by atoms with Gasteiger partial charge in [-0.2, -0.15) is 0 Å². The molecule has 0 aliphatic carbocycles. The monoisotopic (exact) mass is 76.0 g/mol. The van der Waals surface area contributed by atoms with Crippen LogP contribution in [0.5, 0.6) is 0 Å². The minimum Gasteiger partial charge on any atom is -0.376 e. The molecule has 0 fully saturated rings. The van der Waals surface area contributed by atoms with Gasteiger partial charge in [-0.15, -0.1) is 0 Å². The standard InChI is InChI=1S/CH6BOP/c1-3-4-2/h4H,2H2,1H3. The van der Waals surface area contributed by atoms with Crippen molar-refractivity contribution in [2.24, 2.45) is 0 Å². The Morgan fingerprint density at radius 3 is 2.25 bits per heavy atom. The zero-order valence-corrected chi connectivity index (χ0v) is 3.91. The highest BCUT2D eigenvalue weighted by Crippen LogP contribution is 1.94. The van der Waals surface area contributed by atoms with E-state index in [9.17, 15) is 0 Å². The van der Waals surface area contributed by atoms with E-state index in [-0.39, 0.29) is 0 Å². The highest BCUT2D eigenvalue weighted by atomic mass is 31.1. The highest BCUT2D eigenvalue weighted by molar-refractivity contribution is 7.62. The third-order valence-corrected chi connectivity index (χ3v) is 0.612. The van der Waals surface area contributed by atoms with Crippen molar-refractivity contribution < 1.29 is 4.52 Å². The Bertz CT molecular complexity index is 10.0. The van der Waals surface area contributed by atoms with Gasteiger partial charge in [-0.05, 0) is 8.69 Å². The van der Waals surface area contributed by atoms with Crippen LogP contribution in [0, 0.1) is 0 Å². The summed E-state index contributed by atoms with van der Waals surface area (Å²) in [5, 5.41) is 0. The summed E-state index contributed by atoms with van der Waals surface area (Å²) in [7, 11) is 4.32.